The third-order valence-electron chi connectivity index (χ3n) is 6.89. The second-order valence-electron chi connectivity index (χ2n) is 9.22. The summed E-state index contributed by atoms with van der Waals surface area (Å²) in [6, 6.07) is 10.5. The molecular weight excluding hydrogens is 464 g/mol. The number of aryl methyl sites for hydroxylation is 2. The van der Waals surface area contributed by atoms with Gasteiger partial charge in [0.05, 0.1) is 11.3 Å². The molecule has 5 rings (SSSR count). The maximum atomic E-state index is 13.9. The quantitative estimate of drug-likeness (QED) is 0.432. The number of rotatable bonds is 5. The number of hydrogen-bond donors (Lipinski definition) is 1. The van der Waals surface area contributed by atoms with Gasteiger partial charge in [-0.2, -0.15) is 4.57 Å². The van der Waals surface area contributed by atoms with Crippen LogP contribution in [0.2, 0.25) is 5.02 Å². The molecule has 3 aromatic rings. The lowest BCUT2D eigenvalue weighted by molar-refractivity contribution is -0.577. The van der Waals surface area contributed by atoms with Gasteiger partial charge in [-0.3, -0.25) is 24.4 Å². The lowest BCUT2D eigenvalue weighted by Crippen LogP contribution is -2.45. The van der Waals surface area contributed by atoms with Crippen molar-refractivity contribution in [2.24, 2.45) is 0 Å². The zero-order valence-electron chi connectivity index (χ0n) is 19.9. The minimum absolute atomic E-state index is 0.149. The molecule has 3 heterocycles. The van der Waals surface area contributed by atoms with E-state index >= 15 is 0 Å². The molecule has 0 bridgehead atoms. The monoisotopic (exact) mass is 491 g/mol. The fourth-order valence-corrected chi connectivity index (χ4v) is 5.30. The van der Waals surface area contributed by atoms with E-state index in [1.165, 1.54) is 9.58 Å². The molecule has 7 nitrogen and oxygen atoms in total. The Balaban J connectivity index is 1.73. The molecule has 180 valence electrons. The van der Waals surface area contributed by atoms with E-state index in [0.29, 0.717) is 22.8 Å². The number of nitrogens with one attached hydrogen (secondary N) is 1. The average molecular weight is 492 g/mol. The number of aromatic amines is 1. The van der Waals surface area contributed by atoms with Gasteiger partial charge in [0.2, 0.25) is 0 Å². The second-order valence-corrected chi connectivity index (χ2v) is 9.66. The molecule has 1 saturated carbocycles. The molecule has 2 amide bonds. The lowest BCUT2D eigenvalue weighted by atomic mass is 9.94. The highest BCUT2D eigenvalue weighted by Gasteiger charge is 2.49. The maximum absolute atomic E-state index is 13.9. The van der Waals surface area contributed by atoms with Gasteiger partial charge < -0.3 is 0 Å². The van der Waals surface area contributed by atoms with E-state index in [1.807, 2.05) is 32.2 Å². The van der Waals surface area contributed by atoms with Crippen LogP contribution in [0.4, 0.5) is 0 Å². The first-order chi connectivity index (χ1) is 16.9. The SMILES string of the molecule is CCc1[nH]n(-c2ccc(Cl)cc2)c(=O)c1C1=C([n+]2cccc(C)c2)C(=O)N(C2CCCCC2)C1=O. The van der Waals surface area contributed by atoms with Crippen molar-refractivity contribution in [1.82, 2.24) is 14.7 Å². The summed E-state index contributed by atoms with van der Waals surface area (Å²) in [6.07, 6.45) is 8.73. The number of amides is 2. The highest BCUT2D eigenvalue weighted by molar-refractivity contribution is 6.44. The van der Waals surface area contributed by atoms with Crippen LogP contribution in [-0.4, -0.2) is 32.5 Å². The molecular formula is C27H28ClN4O3+. The Morgan fingerprint density at radius 1 is 1.03 bits per heavy atom. The van der Waals surface area contributed by atoms with E-state index in [2.05, 4.69) is 5.10 Å². The largest absolute Gasteiger partial charge is 0.327 e. The number of carbonyl (C=O) groups excluding carboxylic acids is 2. The second kappa shape index (κ2) is 9.30. The Morgan fingerprint density at radius 3 is 2.40 bits per heavy atom. The number of carbonyl (C=O) groups is 2. The van der Waals surface area contributed by atoms with Gasteiger partial charge in [-0.1, -0.05) is 37.8 Å². The van der Waals surface area contributed by atoms with Crippen molar-refractivity contribution in [1.29, 1.82) is 0 Å². The topological polar surface area (TPSA) is 79.1 Å². The van der Waals surface area contributed by atoms with Crippen molar-refractivity contribution in [2.45, 2.75) is 58.4 Å². The van der Waals surface area contributed by atoms with E-state index < -0.39 is 0 Å². The molecule has 8 heteroatoms. The summed E-state index contributed by atoms with van der Waals surface area (Å²) in [7, 11) is 0. The van der Waals surface area contributed by atoms with Crippen LogP contribution >= 0.6 is 11.6 Å². The number of halogens is 1. The van der Waals surface area contributed by atoms with Crippen LogP contribution in [0.5, 0.6) is 0 Å². The minimum atomic E-state index is -0.389. The van der Waals surface area contributed by atoms with Gasteiger partial charge >= 0.3 is 5.91 Å². The van der Waals surface area contributed by atoms with Crippen LogP contribution in [0, 0.1) is 6.92 Å². The zero-order chi connectivity index (χ0) is 24.7. The van der Waals surface area contributed by atoms with Crippen LogP contribution in [0.3, 0.4) is 0 Å². The predicted molar refractivity (Wildman–Crippen MR) is 134 cm³/mol. The normalized spacial score (nSPS) is 17.1. The average Bonchev–Trinajstić information content (AvgIpc) is 3.32. The van der Waals surface area contributed by atoms with E-state index in [4.69, 9.17) is 11.6 Å². The van der Waals surface area contributed by atoms with Gasteiger partial charge in [-0.15, -0.1) is 0 Å². The Labute approximate surface area is 208 Å². The number of hydrogen-bond acceptors (Lipinski definition) is 3. The molecule has 0 atom stereocenters. The molecule has 0 radical (unpaired) electrons. The molecule has 0 unspecified atom stereocenters. The molecule has 2 aliphatic rings. The zero-order valence-corrected chi connectivity index (χ0v) is 20.6. The summed E-state index contributed by atoms with van der Waals surface area (Å²) in [5.74, 6) is -0.729. The highest BCUT2D eigenvalue weighted by atomic mass is 35.5. The van der Waals surface area contributed by atoms with Crippen molar-refractivity contribution < 1.29 is 14.2 Å². The van der Waals surface area contributed by atoms with Crippen molar-refractivity contribution in [3.63, 3.8) is 0 Å². The van der Waals surface area contributed by atoms with Crippen molar-refractivity contribution in [2.75, 3.05) is 0 Å². The summed E-state index contributed by atoms with van der Waals surface area (Å²) >= 11 is 6.04. The molecule has 1 aliphatic heterocycles. The summed E-state index contributed by atoms with van der Waals surface area (Å²) in [5.41, 5.74) is 2.45. The smallest absolute Gasteiger partial charge is 0.294 e. The van der Waals surface area contributed by atoms with E-state index in [-0.39, 0.29) is 40.2 Å². The summed E-state index contributed by atoms with van der Waals surface area (Å²) in [4.78, 5) is 43.0. The number of pyridine rings is 1. The van der Waals surface area contributed by atoms with Crippen molar-refractivity contribution in [3.05, 3.63) is 81.0 Å². The van der Waals surface area contributed by atoms with Crippen LogP contribution in [0.1, 0.15) is 55.8 Å². The molecule has 1 N–H and O–H groups in total. The van der Waals surface area contributed by atoms with Crippen LogP contribution in [0.25, 0.3) is 17.0 Å². The van der Waals surface area contributed by atoms with Crippen LogP contribution in [-0.2, 0) is 16.0 Å². The van der Waals surface area contributed by atoms with Crippen LogP contribution in [0.15, 0.2) is 53.6 Å². The molecule has 1 aromatic carbocycles. The summed E-state index contributed by atoms with van der Waals surface area (Å²) < 4.78 is 3.10. The fourth-order valence-electron chi connectivity index (χ4n) is 5.17. The number of imide groups is 1. The van der Waals surface area contributed by atoms with Gasteiger partial charge in [0.15, 0.2) is 12.4 Å². The summed E-state index contributed by atoms with van der Waals surface area (Å²) in [6.45, 7) is 3.85. The molecule has 35 heavy (non-hydrogen) atoms. The molecule has 0 saturated heterocycles. The van der Waals surface area contributed by atoms with E-state index in [9.17, 15) is 14.4 Å². The van der Waals surface area contributed by atoms with Gasteiger partial charge in [-0.05, 0) is 56.5 Å². The van der Waals surface area contributed by atoms with Gasteiger partial charge in [0.1, 0.15) is 5.57 Å². The van der Waals surface area contributed by atoms with E-state index in [1.54, 1.807) is 35.0 Å². The van der Waals surface area contributed by atoms with E-state index in [0.717, 1.165) is 37.7 Å². The number of aromatic nitrogens is 3. The molecule has 0 spiro atoms. The Morgan fingerprint density at radius 2 is 1.74 bits per heavy atom. The van der Waals surface area contributed by atoms with Crippen molar-refractivity contribution in [3.8, 4) is 5.69 Å². The fraction of sp³-hybridized carbons (Fsp3) is 0.333. The standard InChI is InChI=1S/C27H27ClN4O3/c1-3-21-22(26(34)32(29-21)20-13-11-18(28)12-14-20)23-24(30-15-7-8-17(2)16-30)27(35)31(25(23)33)19-9-5-4-6-10-19/h7-8,11-16,19H,3-6,9-10H2,1-2H3/p+1. The molecule has 1 aliphatic carbocycles. The van der Waals surface area contributed by atoms with Crippen molar-refractivity contribution >= 4 is 34.7 Å². The number of benzene rings is 1. The predicted octanol–water partition coefficient (Wildman–Crippen LogP) is 4.05. The minimum Gasteiger partial charge on any atom is -0.294 e. The Bertz CT molecular complexity index is 1390. The van der Waals surface area contributed by atoms with Gasteiger partial charge in [0, 0.05) is 28.4 Å². The first kappa shape index (κ1) is 23.3. The Hall–Kier alpha value is -3.45. The first-order valence-corrected chi connectivity index (χ1v) is 12.5. The number of H-pyrrole nitrogens is 1. The maximum Gasteiger partial charge on any atom is 0.327 e. The van der Waals surface area contributed by atoms with Gasteiger partial charge in [0.25, 0.3) is 17.2 Å². The highest BCUT2D eigenvalue weighted by Crippen LogP contribution is 2.35. The van der Waals surface area contributed by atoms with Gasteiger partial charge in [-0.25, -0.2) is 4.68 Å². The third kappa shape index (κ3) is 4.04. The molecule has 1 fully saturated rings. The summed E-state index contributed by atoms with van der Waals surface area (Å²) in [5, 5.41) is 3.72. The Kier molecular flexibility index (Phi) is 6.19. The first-order valence-electron chi connectivity index (χ1n) is 12.1. The van der Waals surface area contributed by atoms with Crippen LogP contribution < -0.4 is 10.1 Å². The number of nitrogens with zero attached hydrogens (tertiary/aromatic N) is 3. The molecule has 2 aromatic heterocycles. The lowest BCUT2D eigenvalue weighted by Gasteiger charge is -2.29. The third-order valence-corrected chi connectivity index (χ3v) is 7.14.